The number of likely N-dealkylation sites (N-methyl/N-ethyl adjacent to an activating group) is 1. The zero-order valence-electron chi connectivity index (χ0n) is 12.1. The van der Waals surface area contributed by atoms with Crippen molar-refractivity contribution in [1.82, 2.24) is 15.1 Å². The van der Waals surface area contributed by atoms with Crippen molar-refractivity contribution in [2.24, 2.45) is 0 Å². The second-order valence-electron chi connectivity index (χ2n) is 5.10. The van der Waals surface area contributed by atoms with Crippen molar-refractivity contribution in [2.45, 2.75) is 0 Å². The van der Waals surface area contributed by atoms with Crippen molar-refractivity contribution in [3.05, 3.63) is 42.0 Å². The van der Waals surface area contributed by atoms with Crippen LogP contribution in [0.1, 0.15) is 5.56 Å². The van der Waals surface area contributed by atoms with Crippen LogP contribution in [0.3, 0.4) is 0 Å². The van der Waals surface area contributed by atoms with Crippen LogP contribution >= 0.6 is 0 Å². The van der Waals surface area contributed by atoms with Gasteiger partial charge in [0.1, 0.15) is 0 Å². The van der Waals surface area contributed by atoms with Crippen LogP contribution in [0, 0.1) is 0 Å². The van der Waals surface area contributed by atoms with E-state index in [-0.39, 0.29) is 5.91 Å². The number of nitrogens with one attached hydrogen (secondary N) is 1. The van der Waals surface area contributed by atoms with Gasteiger partial charge in [-0.25, -0.2) is 0 Å². The first-order chi connectivity index (χ1) is 9.75. The molecule has 1 aromatic carbocycles. The molecule has 1 N–H and O–H groups in total. The van der Waals surface area contributed by atoms with Gasteiger partial charge in [-0.15, -0.1) is 0 Å². The first-order valence-electron chi connectivity index (χ1n) is 7.17. The number of piperazine rings is 1. The number of hydrogen-bond donors (Lipinski definition) is 1. The lowest BCUT2D eigenvalue weighted by Crippen LogP contribution is -2.46. The Kier molecular flexibility index (Phi) is 5.77. The van der Waals surface area contributed by atoms with Crippen LogP contribution in [0.15, 0.2) is 36.4 Å². The van der Waals surface area contributed by atoms with Crippen LogP contribution < -0.4 is 5.32 Å². The fraction of sp³-hybridized carbons (Fsp3) is 0.438. The molecule has 1 amide bonds. The molecule has 1 fully saturated rings. The lowest BCUT2D eigenvalue weighted by molar-refractivity contribution is -0.124. The maximum atomic E-state index is 12.0. The average Bonchev–Trinajstić information content (AvgIpc) is 2.52. The molecule has 0 saturated carbocycles. The summed E-state index contributed by atoms with van der Waals surface area (Å²) in [4.78, 5) is 16.2. The van der Waals surface area contributed by atoms with Crippen molar-refractivity contribution >= 4 is 12.0 Å². The summed E-state index contributed by atoms with van der Waals surface area (Å²) >= 11 is 0. The molecule has 1 heterocycles. The Balaban J connectivity index is 1.75. The summed E-state index contributed by atoms with van der Waals surface area (Å²) in [6.07, 6.45) is 3.51. The Morgan fingerprint density at radius 1 is 1.30 bits per heavy atom. The topological polar surface area (TPSA) is 35.6 Å². The van der Waals surface area contributed by atoms with Gasteiger partial charge in [-0.3, -0.25) is 9.69 Å². The molecule has 2 rings (SSSR count). The molecule has 0 atom stereocenters. The molecule has 1 saturated heterocycles. The van der Waals surface area contributed by atoms with Crippen LogP contribution in [-0.4, -0.2) is 62.0 Å². The molecule has 20 heavy (non-hydrogen) atoms. The number of carbonyl (C=O) groups is 1. The van der Waals surface area contributed by atoms with Gasteiger partial charge in [0, 0.05) is 52.4 Å². The molecule has 1 aliphatic heterocycles. The molecule has 0 aromatic heterocycles. The first-order valence-corrected chi connectivity index (χ1v) is 7.17. The third-order valence-electron chi connectivity index (χ3n) is 3.56. The number of hydrogen-bond acceptors (Lipinski definition) is 3. The lowest BCUT2D eigenvalue weighted by atomic mass is 10.2. The predicted molar refractivity (Wildman–Crippen MR) is 82.4 cm³/mol. The summed E-state index contributed by atoms with van der Waals surface area (Å²) in [5.74, 6) is 0.0592. The summed E-state index contributed by atoms with van der Waals surface area (Å²) in [5.41, 5.74) is 1.05. The molecule has 0 aliphatic carbocycles. The standard InChI is InChI=1S/C16H23N3O/c1-18(13-14-19-11-9-17-10-12-19)16(20)8-7-15-5-3-2-4-6-15/h2-8,17H,9-14H2,1H3. The van der Waals surface area contributed by atoms with E-state index in [1.54, 1.807) is 11.0 Å². The number of rotatable bonds is 5. The normalized spacial score (nSPS) is 16.4. The minimum atomic E-state index is 0.0592. The minimum absolute atomic E-state index is 0.0592. The van der Waals surface area contributed by atoms with E-state index in [1.807, 2.05) is 43.5 Å². The molecule has 4 heteroatoms. The smallest absolute Gasteiger partial charge is 0.246 e. The van der Waals surface area contributed by atoms with Gasteiger partial charge < -0.3 is 10.2 Å². The van der Waals surface area contributed by atoms with E-state index in [0.29, 0.717) is 0 Å². The summed E-state index contributed by atoms with van der Waals surface area (Å²) in [6, 6.07) is 9.89. The fourth-order valence-corrected chi connectivity index (χ4v) is 2.20. The second-order valence-corrected chi connectivity index (χ2v) is 5.10. The highest BCUT2D eigenvalue weighted by Crippen LogP contribution is 2.02. The van der Waals surface area contributed by atoms with Gasteiger partial charge >= 0.3 is 0 Å². The Bertz CT molecular complexity index is 438. The average molecular weight is 273 g/mol. The van der Waals surface area contributed by atoms with E-state index in [4.69, 9.17) is 0 Å². The third-order valence-corrected chi connectivity index (χ3v) is 3.56. The highest BCUT2D eigenvalue weighted by Gasteiger charge is 2.11. The lowest BCUT2D eigenvalue weighted by Gasteiger charge is -2.28. The summed E-state index contributed by atoms with van der Waals surface area (Å²) in [6.45, 7) is 5.96. The van der Waals surface area contributed by atoms with Gasteiger partial charge in [0.05, 0.1) is 0 Å². The highest BCUT2D eigenvalue weighted by molar-refractivity contribution is 5.91. The molecule has 1 aromatic rings. The van der Waals surface area contributed by atoms with Crippen molar-refractivity contribution in [1.29, 1.82) is 0 Å². The van der Waals surface area contributed by atoms with Gasteiger partial charge in [-0.2, -0.15) is 0 Å². The van der Waals surface area contributed by atoms with Crippen LogP contribution in [0.5, 0.6) is 0 Å². The van der Waals surface area contributed by atoms with Gasteiger partial charge in [-0.1, -0.05) is 30.3 Å². The van der Waals surface area contributed by atoms with Crippen LogP contribution in [0.2, 0.25) is 0 Å². The van der Waals surface area contributed by atoms with E-state index in [1.165, 1.54) is 0 Å². The van der Waals surface area contributed by atoms with Gasteiger partial charge in [0.25, 0.3) is 0 Å². The Morgan fingerprint density at radius 3 is 2.70 bits per heavy atom. The van der Waals surface area contributed by atoms with Gasteiger partial charge in [-0.05, 0) is 11.6 Å². The molecule has 0 radical (unpaired) electrons. The Labute approximate surface area is 121 Å². The zero-order valence-corrected chi connectivity index (χ0v) is 12.1. The monoisotopic (exact) mass is 273 g/mol. The maximum Gasteiger partial charge on any atom is 0.246 e. The molecule has 0 spiro atoms. The maximum absolute atomic E-state index is 12.0. The first kappa shape index (κ1) is 14.8. The zero-order chi connectivity index (χ0) is 14.2. The van der Waals surface area contributed by atoms with E-state index in [2.05, 4.69) is 10.2 Å². The SMILES string of the molecule is CN(CCN1CCNCC1)C(=O)C=Cc1ccccc1. The number of nitrogens with zero attached hydrogens (tertiary/aromatic N) is 2. The summed E-state index contributed by atoms with van der Waals surface area (Å²) < 4.78 is 0. The fourth-order valence-electron chi connectivity index (χ4n) is 2.20. The second kappa shape index (κ2) is 7.82. The minimum Gasteiger partial charge on any atom is -0.341 e. The van der Waals surface area contributed by atoms with Crippen LogP contribution in [-0.2, 0) is 4.79 Å². The molecule has 0 bridgehead atoms. The summed E-state index contributed by atoms with van der Waals surface area (Å²) in [5, 5.41) is 3.33. The molecule has 0 unspecified atom stereocenters. The summed E-state index contributed by atoms with van der Waals surface area (Å²) in [7, 11) is 1.86. The Hall–Kier alpha value is -1.65. The van der Waals surface area contributed by atoms with Gasteiger partial charge in [0.2, 0.25) is 5.91 Å². The molecular formula is C16H23N3O. The van der Waals surface area contributed by atoms with Crippen molar-refractivity contribution in [3.63, 3.8) is 0 Å². The van der Waals surface area contributed by atoms with Crippen LogP contribution in [0.25, 0.3) is 6.08 Å². The third kappa shape index (κ3) is 4.79. The number of carbonyl (C=O) groups excluding carboxylic acids is 1. The predicted octanol–water partition coefficient (Wildman–Crippen LogP) is 1.06. The molecule has 4 nitrogen and oxygen atoms in total. The van der Waals surface area contributed by atoms with E-state index in [0.717, 1.165) is 44.8 Å². The quantitative estimate of drug-likeness (QED) is 0.815. The van der Waals surface area contributed by atoms with Crippen molar-refractivity contribution in [2.75, 3.05) is 46.3 Å². The van der Waals surface area contributed by atoms with Crippen LogP contribution in [0.4, 0.5) is 0 Å². The Morgan fingerprint density at radius 2 is 2.00 bits per heavy atom. The highest BCUT2D eigenvalue weighted by atomic mass is 16.2. The van der Waals surface area contributed by atoms with Crippen molar-refractivity contribution < 1.29 is 4.79 Å². The molecule has 1 aliphatic rings. The van der Waals surface area contributed by atoms with E-state index < -0.39 is 0 Å². The van der Waals surface area contributed by atoms with Gasteiger partial charge in [0.15, 0.2) is 0 Å². The van der Waals surface area contributed by atoms with E-state index >= 15 is 0 Å². The largest absolute Gasteiger partial charge is 0.341 e. The molecule has 108 valence electrons. The molecular weight excluding hydrogens is 250 g/mol. The van der Waals surface area contributed by atoms with E-state index in [9.17, 15) is 4.79 Å². The number of benzene rings is 1. The van der Waals surface area contributed by atoms with Crippen molar-refractivity contribution in [3.8, 4) is 0 Å². The number of amides is 1.